The maximum atomic E-state index is 5.48. The van der Waals surface area contributed by atoms with Crippen molar-refractivity contribution >= 4 is 5.69 Å². The lowest BCUT2D eigenvalue weighted by molar-refractivity contribution is 0.0225. The van der Waals surface area contributed by atoms with Crippen molar-refractivity contribution in [1.29, 1.82) is 0 Å². The number of pyridine rings is 1. The maximum absolute atomic E-state index is 5.48. The van der Waals surface area contributed by atoms with Crippen LogP contribution >= 0.6 is 0 Å². The van der Waals surface area contributed by atoms with Crippen LogP contribution in [0.4, 0.5) is 5.69 Å². The van der Waals surface area contributed by atoms with Crippen molar-refractivity contribution < 1.29 is 4.74 Å². The zero-order chi connectivity index (χ0) is 14.5. The number of aromatic nitrogens is 1. The highest BCUT2D eigenvalue weighted by molar-refractivity contribution is 5.44. The van der Waals surface area contributed by atoms with E-state index in [1.165, 1.54) is 31.4 Å². The number of piperidine rings is 1. The summed E-state index contributed by atoms with van der Waals surface area (Å²) in [7, 11) is 0. The van der Waals surface area contributed by atoms with E-state index in [2.05, 4.69) is 34.3 Å². The topological polar surface area (TPSA) is 37.4 Å². The molecule has 3 heterocycles. The predicted octanol–water partition coefficient (Wildman–Crippen LogP) is 2.46. The first kappa shape index (κ1) is 14.8. The zero-order valence-electron chi connectivity index (χ0n) is 13.1. The van der Waals surface area contributed by atoms with Gasteiger partial charge in [0.15, 0.2) is 0 Å². The van der Waals surface area contributed by atoms with Crippen LogP contribution in [0.15, 0.2) is 24.5 Å². The van der Waals surface area contributed by atoms with Crippen LogP contribution in [0.1, 0.15) is 32.6 Å². The van der Waals surface area contributed by atoms with Crippen LogP contribution in [0.2, 0.25) is 0 Å². The van der Waals surface area contributed by atoms with Gasteiger partial charge in [-0.3, -0.25) is 4.98 Å². The monoisotopic (exact) mass is 289 g/mol. The van der Waals surface area contributed by atoms with Gasteiger partial charge >= 0.3 is 0 Å². The molecule has 4 heteroatoms. The molecule has 0 radical (unpaired) electrons. The summed E-state index contributed by atoms with van der Waals surface area (Å²) >= 11 is 0. The minimum atomic E-state index is 0.431. The second-order valence-corrected chi connectivity index (χ2v) is 6.77. The van der Waals surface area contributed by atoms with Gasteiger partial charge in [0, 0.05) is 57.0 Å². The molecular formula is C17H27N3O. The Bertz CT molecular complexity index is 423. The summed E-state index contributed by atoms with van der Waals surface area (Å²) in [6, 6.07) is 4.89. The van der Waals surface area contributed by atoms with Crippen LogP contribution in [0, 0.1) is 5.41 Å². The number of hydrogen-bond acceptors (Lipinski definition) is 4. The van der Waals surface area contributed by atoms with Gasteiger partial charge in [-0.25, -0.2) is 0 Å². The van der Waals surface area contributed by atoms with Gasteiger partial charge in [0.25, 0.3) is 0 Å². The number of ether oxygens (including phenoxy) is 1. The molecule has 1 aromatic heterocycles. The SMILES string of the molecule is CC1(CNC2CCN(c3ccncc3)CC2)CCOCC1. The average Bonchev–Trinajstić information content (AvgIpc) is 2.55. The van der Waals surface area contributed by atoms with Gasteiger partial charge in [0.1, 0.15) is 0 Å². The first-order valence-electron chi connectivity index (χ1n) is 8.21. The van der Waals surface area contributed by atoms with E-state index in [-0.39, 0.29) is 0 Å². The third-order valence-corrected chi connectivity index (χ3v) is 5.04. The minimum Gasteiger partial charge on any atom is -0.381 e. The minimum absolute atomic E-state index is 0.431. The third-order valence-electron chi connectivity index (χ3n) is 5.04. The lowest BCUT2D eigenvalue weighted by atomic mass is 9.82. The molecule has 2 aliphatic heterocycles. The second kappa shape index (κ2) is 6.75. The Hall–Kier alpha value is -1.13. The van der Waals surface area contributed by atoms with Gasteiger partial charge in [-0.05, 0) is 43.2 Å². The number of rotatable bonds is 4. The van der Waals surface area contributed by atoms with Crippen molar-refractivity contribution in [2.45, 2.75) is 38.6 Å². The van der Waals surface area contributed by atoms with Crippen molar-refractivity contribution in [3.63, 3.8) is 0 Å². The van der Waals surface area contributed by atoms with E-state index in [1.54, 1.807) is 0 Å². The number of anilines is 1. The van der Waals surface area contributed by atoms with Crippen LogP contribution < -0.4 is 10.2 Å². The smallest absolute Gasteiger partial charge is 0.0471 e. The van der Waals surface area contributed by atoms with Crippen molar-refractivity contribution in [1.82, 2.24) is 10.3 Å². The highest BCUT2D eigenvalue weighted by Crippen LogP contribution is 2.29. The summed E-state index contributed by atoms with van der Waals surface area (Å²) in [5, 5.41) is 3.81. The molecule has 2 saturated heterocycles. The summed E-state index contributed by atoms with van der Waals surface area (Å²) in [4.78, 5) is 6.56. The molecule has 0 atom stereocenters. The van der Waals surface area contributed by atoms with Crippen LogP contribution in [0.25, 0.3) is 0 Å². The molecule has 0 aromatic carbocycles. The third kappa shape index (κ3) is 3.95. The first-order valence-corrected chi connectivity index (χ1v) is 8.21. The molecule has 0 unspecified atom stereocenters. The van der Waals surface area contributed by atoms with Gasteiger partial charge in [0.05, 0.1) is 0 Å². The van der Waals surface area contributed by atoms with E-state index in [0.29, 0.717) is 11.5 Å². The van der Waals surface area contributed by atoms with E-state index in [1.807, 2.05) is 12.4 Å². The predicted molar refractivity (Wildman–Crippen MR) is 85.6 cm³/mol. The number of hydrogen-bond donors (Lipinski definition) is 1. The fourth-order valence-electron chi connectivity index (χ4n) is 3.33. The van der Waals surface area contributed by atoms with Gasteiger partial charge in [-0.1, -0.05) is 6.92 Å². The van der Waals surface area contributed by atoms with Gasteiger partial charge in [-0.2, -0.15) is 0 Å². The van der Waals surface area contributed by atoms with E-state index < -0.39 is 0 Å². The van der Waals surface area contributed by atoms with Crippen molar-refractivity contribution in [2.75, 3.05) is 37.7 Å². The molecule has 21 heavy (non-hydrogen) atoms. The largest absolute Gasteiger partial charge is 0.381 e. The van der Waals surface area contributed by atoms with Crippen molar-refractivity contribution in [3.05, 3.63) is 24.5 Å². The molecule has 3 rings (SSSR count). The summed E-state index contributed by atoms with van der Waals surface area (Å²) in [6.45, 7) is 7.67. The lowest BCUT2D eigenvalue weighted by Crippen LogP contribution is -2.46. The van der Waals surface area contributed by atoms with E-state index in [4.69, 9.17) is 4.74 Å². The molecule has 4 nitrogen and oxygen atoms in total. The van der Waals surface area contributed by atoms with Crippen molar-refractivity contribution in [3.8, 4) is 0 Å². The van der Waals surface area contributed by atoms with Crippen LogP contribution in [0.3, 0.4) is 0 Å². The van der Waals surface area contributed by atoms with Gasteiger partial charge < -0.3 is 15.0 Å². The number of nitrogens with zero attached hydrogens (tertiary/aromatic N) is 2. The standard InChI is InChI=1S/C17H27N3O/c1-17(6-12-21-13-7-17)14-19-15-4-10-20(11-5-15)16-2-8-18-9-3-16/h2-3,8-9,15,19H,4-7,10-14H2,1H3. The van der Waals surface area contributed by atoms with E-state index in [9.17, 15) is 0 Å². The Kier molecular flexibility index (Phi) is 4.76. The average molecular weight is 289 g/mol. The summed E-state index contributed by atoms with van der Waals surface area (Å²) < 4.78 is 5.48. The Morgan fingerprint density at radius 2 is 1.90 bits per heavy atom. The lowest BCUT2D eigenvalue weighted by Gasteiger charge is -2.38. The normalized spacial score (nSPS) is 23.2. The molecule has 0 amide bonds. The van der Waals surface area contributed by atoms with E-state index >= 15 is 0 Å². The summed E-state index contributed by atoms with van der Waals surface area (Å²) in [5.74, 6) is 0. The molecule has 0 spiro atoms. The fourth-order valence-corrected chi connectivity index (χ4v) is 3.33. The zero-order valence-corrected chi connectivity index (χ0v) is 13.1. The highest BCUT2D eigenvalue weighted by atomic mass is 16.5. The van der Waals surface area contributed by atoms with Crippen LogP contribution in [0.5, 0.6) is 0 Å². The summed E-state index contributed by atoms with van der Waals surface area (Å²) in [6.07, 6.45) is 8.60. The molecule has 0 bridgehead atoms. The molecule has 1 aromatic rings. The summed E-state index contributed by atoms with van der Waals surface area (Å²) in [5.41, 5.74) is 1.74. The number of nitrogens with one attached hydrogen (secondary N) is 1. The van der Waals surface area contributed by atoms with E-state index in [0.717, 1.165) is 32.8 Å². The Balaban J connectivity index is 1.43. The van der Waals surface area contributed by atoms with Gasteiger partial charge in [0.2, 0.25) is 0 Å². The maximum Gasteiger partial charge on any atom is 0.0471 e. The second-order valence-electron chi connectivity index (χ2n) is 6.77. The highest BCUT2D eigenvalue weighted by Gasteiger charge is 2.28. The molecule has 1 N–H and O–H groups in total. The Morgan fingerprint density at radius 1 is 1.24 bits per heavy atom. The first-order chi connectivity index (χ1) is 10.3. The Labute approximate surface area is 127 Å². The fraction of sp³-hybridized carbons (Fsp3) is 0.706. The molecule has 2 aliphatic rings. The van der Waals surface area contributed by atoms with Crippen molar-refractivity contribution in [2.24, 2.45) is 5.41 Å². The van der Waals surface area contributed by atoms with Gasteiger partial charge in [-0.15, -0.1) is 0 Å². The molecule has 2 fully saturated rings. The quantitative estimate of drug-likeness (QED) is 0.924. The molecule has 0 saturated carbocycles. The molecular weight excluding hydrogens is 262 g/mol. The molecule has 116 valence electrons. The van der Waals surface area contributed by atoms with Crippen LogP contribution in [-0.2, 0) is 4.74 Å². The van der Waals surface area contributed by atoms with Crippen LogP contribution in [-0.4, -0.2) is 43.9 Å². The molecule has 0 aliphatic carbocycles. The Morgan fingerprint density at radius 3 is 2.57 bits per heavy atom.